The predicted molar refractivity (Wildman–Crippen MR) is 59.2 cm³/mol. The Labute approximate surface area is 90.4 Å². The molecule has 0 aliphatic heterocycles. The van der Waals surface area contributed by atoms with Crippen LogP contribution < -0.4 is 5.32 Å². The molecule has 1 aromatic carbocycles. The van der Waals surface area contributed by atoms with Gasteiger partial charge in [0.2, 0.25) is 0 Å². The predicted octanol–water partition coefficient (Wildman–Crippen LogP) is 2.53. The van der Waals surface area contributed by atoms with Crippen molar-refractivity contribution in [2.24, 2.45) is 0 Å². The number of carbonyl (C=O) groups excluding carboxylic acids is 1. The quantitative estimate of drug-likeness (QED) is 0.752. The van der Waals surface area contributed by atoms with Gasteiger partial charge in [-0.25, -0.2) is 4.79 Å². The van der Waals surface area contributed by atoms with Crippen molar-refractivity contribution in [3.8, 4) is 0 Å². The molecule has 81 valence electrons. The third kappa shape index (κ3) is 5.05. The molecule has 0 saturated carbocycles. The summed E-state index contributed by atoms with van der Waals surface area (Å²) in [6.07, 6.45) is 2.55. The maximum absolute atomic E-state index is 11.1. The first-order chi connectivity index (χ1) is 7.33. The minimum atomic E-state index is -0.372. The van der Waals surface area contributed by atoms with E-state index in [0.717, 1.165) is 12.0 Å². The molecule has 0 fully saturated rings. The highest BCUT2D eigenvalue weighted by atomic mass is 16.5. The molecule has 1 rings (SSSR count). The van der Waals surface area contributed by atoms with Crippen molar-refractivity contribution in [3.63, 3.8) is 0 Å². The minimum absolute atomic E-state index is 0.318. The maximum Gasteiger partial charge on any atom is 0.407 e. The Morgan fingerprint density at radius 2 is 2.13 bits per heavy atom. The fourth-order valence-corrected chi connectivity index (χ4v) is 1.07. The third-order valence-corrected chi connectivity index (χ3v) is 1.89. The summed E-state index contributed by atoms with van der Waals surface area (Å²) in [5, 5.41) is 2.64. The molecule has 3 nitrogen and oxygen atoms in total. The molecule has 0 aliphatic rings. The Balaban J connectivity index is 2.17. The lowest BCUT2D eigenvalue weighted by Gasteiger charge is -2.05. The molecular formula is C12H16NO2. The summed E-state index contributed by atoms with van der Waals surface area (Å²) in [6.45, 7) is 2.90. The number of carbonyl (C=O) groups is 1. The number of benzene rings is 1. The molecule has 0 aromatic heterocycles. The SMILES string of the molecule is CC[CH]CNC(=O)OCc1ccccc1. The molecule has 1 radical (unpaired) electrons. The van der Waals surface area contributed by atoms with Gasteiger partial charge in [-0.2, -0.15) is 0 Å². The number of rotatable bonds is 5. The average Bonchev–Trinajstić information content (AvgIpc) is 2.28. The number of amides is 1. The summed E-state index contributed by atoms with van der Waals surface area (Å²) < 4.78 is 5.00. The maximum atomic E-state index is 11.1. The van der Waals surface area contributed by atoms with Crippen LogP contribution in [-0.4, -0.2) is 12.6 Å². The van der Waals surface area contributed by atoms with Gasteiger partial charge in [-0.1, -0.05) is 43.7 Å². The van der Waals surface area contributed by atoms with E-state index in [1.165, 1.54) is 0 Å². The van der Waals surface area contributed by atoms with E-state index >= 15 is 0 Å². The normalized spacial score (nSPS) is 9.67. The molecule has 3 heteroatoms. The number of ether oxygens (including phenoxy) is 1. The number of unbranched alkanes of at least 4 members (excludes halogenated alkanes) is 1. The first-order valence-electron chi connectivity index (χ1n) is 5.09. The molecule has 1 N–H and O–H groups in total. The van der Waals surface area contributed by atoms with Crippen LogP contribution in [0.15, 0.2) is 30.3 Å². The van der Waals surface area contributed by atoms with Crippen LogP contribution in [0.2, 0.25) is 0 Å². The summed E-state index contributed by atoms with van der Waals surface area (Å²) in [5.74, 6) is 0. The van der Waals surface area contributed by atoms with E-state index in [2.05, 4.69) is 5.32 Å². The molecular weight excluding hydrogens is 190 g/mol. The lowest BCUT2D eigenvalue weighted by Crippen LogP contribution is -2.25. The minimum Gasteiger partial charge on any atom is -0.445 e. The van der Waals surface area contributed by atoms with Gasteiger partial charge in [0.05, 0.1) is 0 Å². The second kappa shape index (κ2) is 6.87. The fraction of sp³-hybridized carbons (Fsp3) is 0.333. The Morgan fingerprint density at radius 3 is 2.80 bits per heavy atom. The zero-order valence-electron chi connectivity index (χ0n) is 8.90. The second-order valence-electron chi connectivity index (χ2n) is 3.14. The van der Waals surface area contributed by atoms with Gasteiger partial charge < -0.3 is 10.1 Å². The zero-order chi connectivity index (χ0) is 10.9. The van der Waals surface area contributed by atoms with Crippen LogP contribution in [0.25, 0.3) is 0 Å². The van der Waals surface area contributed by atoms with E-state index in [1.54, 1.807) is 0 Å². The highest BCUT2D eigenvalue weighted by molar-refractivity contribution is 5.67. The summed E-state index contributed by atoms with van der Waals surface area (Å²) >= 11 is 0. The van der Waals surface area contributed by atoms with Crippen molar-refractivity contribution in [1.29, 1.82) is 0 Å². The van der Waals surface area contributed by atoms with Gasteiger partial charge in [0, 0.05) is 6.54 Å². The molecule has 0 unspecified atom stereocenters. The van der Waals surface area contributed by atoms with Gasteiger partial charge in [0.1, 0.15) is 6.61 Å². The molecule has 0 atom stereocenters. The molecule has 1 amide bonds. The van der Waals surface area contributed by atoms with Gasteiger partial charge in [-0.05, 0) is 12.0 Å². The van der Waals surface area contributed by atoms with Gasteiger partial charge in [0.25, 0.3) is 0 Å². The molecule has 0 bridgehead atoms. The van der Waals surface area contributed by atoms with Crippen molar-refractivity contribution in [3.05, 3.63) is 42.3 Å². The molecule has 0 heterocycles. The number of hydrogen-bond donors (Lipinski definition) is 1. The summed E-state index contributed by atoms with van der Waals surface area (Å²) in [5.41, 5.74) is 0.993. The van der Waals surface area contributed by atoms with Crippen LogP contribution in [0.4, 0.5) is 4.79 Å². The largest absolute Gasteiger partial charge is 0.445 e. The van der Waals surface area contributed by atoms with E-state index < -0.39 is 0 Å². The lowest BCUT2D eigenvalue weighted by atomic mass is 10.2. The van der Waals surface area contributed by atoms with Gasteiger partial charge in [-0.15, -0.1) is 0 Å². The molecule has 0 saturated heterocycles. The van der Waals surface area contributed by atoms with Crippen LogP contribution >= 0.6 is 0 Å². The highest BCUT2D eigenvalue weighted by Gasteiger charge is 2.00. The Morgan fingerprint density at radius 1 is 1.40 bits per heavy atom. The van der Waals surface area contributed by atoms with Crippen LogP contribution in [-0.2, 0) is 11.3 Å². The van der Waals surface area contributed by atoms with E-state index in [9.17, 15) is 4.79 Å². The van der Waals surface area contributed by atoms with Crippen LogP contribution in [0.3, 0.4) is 0 Å². The molecule has 1 aromatic rings. The van der Waals surface area contributed by atoms with Crippen molar-refractivity contribution in [1.82, 2.24) is 5.32 Å². The topological polar surface area (TPSA) is 38.3 Å². The summed E-state index contributed by atoms with van der Waals surface area (Å²) in [6, 6.07) is 9.61. The summed E-state index contributed by atoms with van der Waals surface area (Å²) in [7, 11) is 0. The van der Waals surface area contributed by atoms with E-state index in [-0.39, 0.29) is 6.09 Å². The smallest absolute Gasteiger partial charge is 0.407 e. The molecule has 0 aliphatic carbocycles. The number of hydrogen-bond acceptors (Lipinski definition) is 2. The van der Waals surface area contributed by atoms with Crippen LogP contribution in [0.1, 0.15) is 18.9 Å². The standard InChI is InChI=1S/C12H16NO2/c1-2-3-9-13-12(14)15-10-11-7-5-4-6-8-11/h3-8H,2,9-10H2,1H3,(H,13,14). The van der Waals surface area contributed by atoms with E-state index in [0.29, 0.717) is 13.2 Å². The second-order valence-corrected chi connectivity index (χ2v) is 3.14. The summed E-state index contributed by atoms with van der Waals surface area (Å²) in [4.78, 5) is 11.1. The van der Waals surface area contributed by atoms with Gasteiger partial charge in [0.15, 0.2) is 0 Å². The fourth-order valence-electron chi connectivity index (χ4n) is 1.07. The van der Waals surface area contributed by atoms with Gasteiger partial charge >= 0.3 is 6.09 Å². The van der Waals surface area contributed by atoms with Crippen LogP contribution in [0, 0.1) is 6.42 Å². The van der Waals surface area contributed by atoms with Crippen LogP contribution in [0.5, 0.6) is 0 Å². The van der Waals surface area contributed by atoms with Crippen molar-refractivity contribution < 1.29 is 9.53 Å². The first kappa shape index (κ1) is 11.6. The van der Waals surface area contributed by atoms with E-state index in [4.69, 9.17) is 4.74 Å². The Bertz CT molecular complexity index is 285. The average molecular weight is 206 g/mol. The molecule has 0 spiro atoms. The first-order valence-corrected chi connectivity index (χ1v) is 5.09. The van der Waals surface area contributed by atoms with Crippen molar-refractivity contribution in [2.75, 3.05) is 6.54 Å². The lowest BCUT2D eigenvalue weighted by molar-refractivity contribution is 0.140. The Kier molecular flexibility index (Phi) is 5.30. The van der Waals surface area contributed by atoms with Crippen molar-refractivity contribution in [2.45, 2.75) is 20.0 Å². The number of alkyl carbamates (subject to hydrolysis) is 1. The number of nitrogens with one attached hydrogen (secondary N) is 1. The third-order valence-electron chi connectivity index (χ3n) is 1.89. The van der Waals surface area contributed by atoms with Crippen molar-refractivity contribution >= 4 is 6.09 Å². The monoisotopic (exact) mass is 206 g/mol. The Hall–Kier alpha value is -1.51. The van der Waals surface area contributed by atoms with Gasteiger partial charge in [-0.3, -0.25) is 0 Å². The zero-order valence-corrected chi connectivity index (χ0v) is 8.90. The highest BCUT2D eigenvalue weighted by Crippen LogP contribution is 2.00. The molecule has 15 heavy (non-hydrogen) atoms. The van der Waals surface area contributed by atoms with E-state index in [1.807, 2.05) is 43.7 Å².